The summed E-state index contributed by atoms with van der Waals surface area (Å²) in [4.78, 5) is 25.8. The Labute approximate surface area is 139 Å². The Morgan fingerprint density at radius 3 is 2.61 bits per heavy atom. The zero-order valence-corrected chi connectivity index (χ0v) is 13.7. The molecule has 3 rings (SSSR count). The van der Waals surface area contributed by atoms with E-state index < -0.39 is 4.75 Å². The Kier molecular flexibility index (Phi) is 4.39. The topological polar surface area (TPSA) is 58.2 Å². The lowest BCUT2D eigenvalue weighted by molar-refractivity contribution is -0.129. The first-order chi connectivity index (χ1) is 11.1. The van der Waals surface area contributed by atoms with Gasteiger partial charge in [-0.1, -0.05) is 54.2 Å². The summed E-state index contributed by atoms with van der Waals surface area (Å²) in [5.41, 5.74) is 1.92. The minimum atomic E-state index is -1.15. The highest BCUT2D eigenvalue weighted by molar-refractivity contribution is 8.02. The first-order valence-corrected chi connectivity index (χ1v) is 8.33. The number of carbonyl (C=O) groups excluding carboxylic acids is 2. The zero-order valence-electron chi connectivity index (χ0n) is 12.8. The molecule has 23 heavy (non-hydrogen) atoms. The molecule has 0 aromatic heterocycles. The number of anilines is 1. The van der Waals surface area contributed by atoms with Gasteiger partial charge in [0.1, 0.15) is 0 Å². The molecular formula is C18H18N2O2S. The zero-order chi connectivity index (χ0) is 16.3. The van der Waals surface area contributed by atoms with Crippen molar-refractivity contribution in [3.05, 3.63) is 60.2 Å². The van der Waals surface area contributed by atoms with Crippen molar-refractivity contribution in [2.75, 3.05) is 11.9 Å². The highest BCUT2D eigenvalue weighted by Gasteiger charge is 2.45. The molecule has 1 unspecified atom stereocenters. The van der Waals surface area contributed by atoms with Crippen LogP contribution in [0.2, 0.25) is 0 Å². The largest absolute Gasteiger partial charge is 0.354 e. The second kappa shape index (κ2) is 6.46. The van der Waals surface area contributed by atoms with E-state index in [4.69, 9.17) is 0 Å². The van der Waals surface area contributed by atoms with Gasteiger partial charge in [0, 0.05) is 11.4 Å². The smallest absolute Gasteiger partial charge is 0.250 e. The molecule has 1 aliphatic heterocycles. The van der Waals surface area contributed by atoms with Crippen molar-refractivity contribution >= 4 is 29.3 Å². The standard InChI is InChI=1S/C18H18N2O2S/c1-18(16(21)19-12-11-13-7-3-2-4-8-13)17(22)20-14-9-5-6-10-15(14)23-18/h2-10H,11-12H2,1H3,(H,19,21)(H,20,22). The molecule has 0 bridgehead atoms. The Hall–Kier alpha value is -2.27. The third-order valence-corrected chi connectivity index (χ3v) is 5.21. The van der Waals surface area contributed by atoms with Gasteiger partial charge in [-0.25, -0.2) is 0 Å². The minimum Gasteiger partial charge on any atom is -0.354 e. The van der Waals surface area contributed by atoms with Crippen LogP contribution >= 0.6 is 11.8 Å². The van der Waals surface area contributed by atoms with E-state index in [2.05, 4.69) is 10.6 Å². The van der Waals surface area contributed by atoms with E-state index in [1.165, 1.54) is 11.8 Å². The predicted octanol–water partition coefficient (Wildman–Crippen LogP) is 2.85. The Morgan fingerprint density at radius 2 is 1.83 bits per heavy atom. The number of rotatable bonds is 4. The van der Waals surface area contributed by atoms with Crippen molar-refractivity contribution in [2.24, 2.45) is 0 Å². The van der Waals surface area contributed by atoms with Crippen molar-refractivity contribution in [3.63, 3.8) is 0 Å². The molecule has 0 saturated carbocycles. The number of benzene rings is 2. The molecule has 0 fully saturated rings. The van der Waals surface area contributed by atoms with Crippen LogP contribution in [0.4, 0.5) is 5.69 Å². The maximum Gasteiger partial charge on any atom is 0.250 e. The molecule has 0 aliphatic carbocycles. The molecule has 2 aromatic carbocycles. The SMILES string of the molecule is CC1(C(=O)NCCc2ccccc2)Sc2ccccc2NC1=O. The Morgan fingerprint density at radius 1 is 1.13 bits per heavy atom. The number of carbonyl (C=O) groups is 2. The molecule has 2 aromatic rings. The third-order valence-electron chi connectivity index (χ3n) is 3.86. The highest BCUT2D eigenvalue weighted by Crippen LogP contribution is 2.42. The van der Waals surface area contributed by atoms with Crippen molar-refractivity contribution < 1.29 is 9.59 Å². The molecular weight excluding hydrogens is 308 g/mol. The summed E-state index contributed by atoms with van der Waals surface area (Å²) in [7, 11) is 0. The maximum atomic E-state index is 12.5. The highest BCUT2D eigenvalue weighted by atomic mass is 32.2. The number of nitrogens with one attached hydrogen (secondary N) is 2. The van der Waals surface area contributed by atoms with Crippen LogP contribution in [0.15, 0.2) is 59.5 Å². The van der Waals surface area contributed by atoms with Gasteiger partial charge in [-0.2, -0.15) is 0 Å². The maximum absolute atomic E-state index is 12.5. The van der Waals surface area contributed by atoms with E-state index >= 15 is 0 Å². The molecule has 2 N–H and O–H groups in total. The normalized spacial score (nSPS) is 19.6. The Balaban J connectivity index is 1.65. The second-order valence-electron chi connectivity index (χ2n) is 5.58. The van der Waals surface area contributed by atoms with E-state index in [-0.39, 0.29) is 11.8 Å². The second-order valence-corrected chi connectivity index (χ2v) is 7.04. The van der Waals surface area contributed by atoms with Crippen LogP contribution in [0.5, 0.6) is 0 Å². The number of para-hydroxylation sites is 1. The van der Waals surface area contributed by atoms with Crippen LogP contribution in [0, 0.1) is 0 Å². The molecule has 0 radical (unpaired) electrons. The minimum absolute atomic E-state index is 0.259. The fourth-order valence-electron chi connectivity index (χ4n) is 2.45. The average molecular weight is 326 g/mol. The first kappa shape index (κ1) is 15.6. The summed E-state index contributed by atoms with van der Waals surface area (Å²) in [6.07, 6.45) is 0.742. The van der Waals surface area contributed by atoms with Gasteiger partial charge in [-0.15, -0.1) is 0 Å². The summed E-state index contributed by atoms with van der Waals surface area (Å²) in [6.45, 7) is 2.18. The molecule has 1 heterocycles. The molecule has 2 amide bonds. The number of fused-ring (bicyclic) bond motifs is 1. The monoisotopic (exact) mass is 326 g/mol. The molecule has 0 saturated heterocycles. The summed E-state index contributed by atoms with van der Waals surface area (Å²) >= 11 is 1.30. The van der Waals surface area contributed by atoms with Crippen LogP contribution < -0.4 is 10.6 Å². The summed E-state index contributed by atoms with van der Waals surface area (Å²) < 4.78 is -1.15. The van der Waals surface area contributed by atoms with E-state index in [0.717, 1.165) is 22.6 Å². The lowest BCUT2D eigenvalue weighted by Gasteiger charge is -2.31. The number of amides is 2. The van der Waals surface area contributed by atoms with Gasteiger partial charge >= 0.3 is 0 Å². The van der Waals surface area contributed by atoms with Gasteiger partial charge in [0.15, 0.2) is 4.75 Å². The van der Waals surface area contributed by atoms with Crippen molar-refractivity contribution in [2.45, 2.75) is 23.0 Å². The number of hydrogen-bond donors (Lipinski definition) is 2. The van der Waals surface area contributed by atoms with E-state index in [0.29, 0.717) is 6.54 Å². The molecule has 1 atom stereocenters. The van der Waals surface area contributed by atoms with Crippen molar-refractivity contribution in [1.29, 1.82) is 0 Å². The van der Waals surface area contributed by atoms with Crippen LogP contribution in [-0.4, -0.2) is 23.1 Å². The van der Waals surface area contributed by atoms with Gasteiger partial charge in [-0.05, 0) is 31.0 Å². The van der Waals surface area contributed by atoms with Gasteiger partial charge in [-0.3, -0.25) is 9.59 Å². The summed E-state index contributed by atoms with van der Waals surface area (Å²) in [5, 5.41) is 5.70. The quantitative estimate of drug-likeness (QED) is 0.850. The average Bonchev–Trinajstić information content (AvgIpc) is 2.57. The van der Waals surface area contributed by atoms with Crippen molar-refractivity contribution in [3.8, 4) is 0 Å². The van der Waals surface area contributed by atoms with Crippen LogP contribution in [0.1, 0.15) is 12.5 Å². The van der Waals surface area contributed by atoms with E-state index in [9.17, 15) is 9.59 Å². The molecule has 0 spiro atoms. The van der Waals surface area contributed by atoms with Gasteiger partial charge in [0.25, 0.3) is 0 Å². The molecule has 4 nitrogen and oxygen atoms in total. The van der Waals surface area contributed by atoms with Gasteiger partial charge < -0.3 is 10.6 Å². The molecule has 5 heteroatoms. The molecule has 1 aliphatic rings. The molecule has 118 valence electrons. The third kappa shape index (κ3) is 3.24. The lowest BCUT2D eigenvalue weighted by Crippen LogP contribution is -2.52. The predicted molar refractivity (Wildman–Crippen MR) is 92.5 cm³/mol. The fourth-order valence-corrected chi connectivity index (χ4v) is 3.57. The van der Waals surface area contributed by atoms with Gasteiger partial charge in [0.05, 0.1) is 5.69 Å². The van der Waals surface area contributed by atoms with E-state index in [1.807, 2.05) is 54.6 Å². The van der Waals surface area contributed by atoms with Crippen LogP contribution in [0.3, 0.4) is 0 Å². The van der Waals surface area contributed by atoms with Crippen LogP contribution in [0.25, 0.3) is 0 Å². The first-order valence-electron chi connectivity index (χ1n) is 7.51. The lowest BCUT2D eigenvalue weighted by atomic mass is 10.1. The van der Waals surface area contributed by atoms with E-state index in [1.54, 1.807) is 6.92 Å². The number of hydrogen-bond acceptors (Lipinski definition) is 3. The number of thioether (sulfide) groups is 1. The fraction of sp³-hybridized carbons (Fsp3) is 0.222. The van der Waals surface area contributed by atoms with Crippen molar-refractivity contribution in [1.82, 2.24) is 5.32 Å². The van der Waals surface area contributed by atoms with Crippen LogP contribution in [-0.2, 0) is 16.0 Å². The summed E-state index contributed by atoms with van der Waals surface area (Å²) in [5.74, 6) is -0.538. The Bertz CT molecular complexity index is 733. The summed E-state index contributed by atoms with van der Waals surface area (Å²) in [6, 6.07) is 17.5. The van der Waals surface area contributed by atoms with Gasteiger partial charge in [0.2, 0.25) is 11.8 Å².